The van der Waals surface area contributed by atoms with Gasteiger partial charge in [0, 0.05) is 28.9 Å². The van der Waals surface area contributed by atoms with Crippen LogP contribution in [0, 0.1) is 12.7 Å². The van der Waals surface area contributed by atoms with E-state index in [0.717, 1.165) is 5.69 Å². The van der Waals surface area contributed by atoms with Gasteiger partial charge in [-0.1, -0.05) is 17.7 Å². The lowest BCUT2D eigenvalue weighted by Crippen LogP contribution is -2.05. The molecule has 92 valence electrons. The van der Waals surface area contributed by atoms with Crippen molar-refractivity contribution in [2.75, 3.05) is 0 Å². The van der Waals surface area contributed by atoms with E-state index in [9.17, 15) is 9.18 Å². The topological polar surface area (TPSA) is 30.0 Å². The maximum atomic E-state index is 13.5. The molecular formula is C14H11ClFNO. The van der Waals surface area contributed by atoms with Gasteiger partial charge in [-0.3, -0.25) is 9.78 Å². The molecule has 0 spiro atoms. The summed E-state index contributed by atoms with van der Waals surface area (Å²) < 4.78 is 13.5. The number of nitrogens with zero attached hydrogens (tertiary/aromatic N) is 1. The average molecular weight is 264 g/mol. The highest BCUT2D eigenvalue weighted by atomic mass is 35.5. The molecule has 1 aromatic heterocycles. The van der Waals surface area contributed by atoms with Crippen molar-refractivity contribution in [2.45, 2.75) is 13.3 Å². The number of aryl methyl sites for hydroxylation is 1. The van der Waals surface area contributed by atoms with Crippen LogP contribution < -0.4 is 0 Å². The molecule has 0 unspecified atom stereocenters. The Bertz CT molecular complexity index is 581. The minimum Gasteiger partial charge on any atom is -0.294 e. The molecular weight excluding hydrogens is 253 g/mol. The standard InChI is InChI=1S/C14H11ClFNO/c1-9-2-3-11(8-17-9)14(18)6-10-4-5-12(15)7-13(10)16/h2-5,7-8H,6H2,1H3. The zero-order valence-corrected chi connectivity index (χ0v) is 10.5. The number of hydrogen-bond donors (Lipinski definition) is 0. The van der Waals surface area contributed by atoms with Gasteiger partial charge in [-0.2, -0.15) is 0 Å². The maximum absolute atomic E-state index is 13.5. The third-order valence-electron chi connectivity index (χ3n) is 2.60. The van der Waals surface area contributed by atoms with Crippen molar-refractivity contribution >= 4 is 17.4 Å². The first-order chi connectivity index (χ1) is 8.56. The second-order valence-corrected chi connectivity index (χ2v) is 4.46. The van der Waals surface area contributed by atoms with Gasteiger partial charge in [0.05, 0.1) is 0 Å². The maximum Gasteiger partial charge on any atom is 0.168 e. The van der Waals surface area contributed by atoms with E-state index in [0.29, 0.717) is 16.1 Å². The second kappa shape index (κ2) is 5.27. The number of benzene rings is 1. The lowest BCUT2D eigenvalue weighted by Gasteiger charge is -2.03. The van der Waals surface area contributed by atoms with E-state index < -0.39 is 5.82 Å². The Balaban J connectivity index is 2.18. The number of pyridine rings is 1. The summed E-state index contributed by atoms with van der Waals surface area (Å²) in [5, 5.41) is 0.320. The van der Waals surface area contributed by atoms with Crippen LogP contribution in [0.1, 0.15) is 21.6 Å². The first kappa shape index (κ1) is 12.7. The number of halogens is 2. The number of Topliss-reactive ketones (excluding diaryl/α,β-unsaturated/α-hetero) is 1. The highest BCUT2D eigenvalue weighted by molar-refractivity contribution is 6.30. The minimum atomic E-state index is -0.462. The van der Waals surface area contributed by atoms with Gasteiger partial charge < -0.3 is 0 Å². The molecule has 0 atom stereocenters. The van der Waals surface area contributed by atoms with E-state index in [1.54, 1.807) is 18.2 Å². The molecule has 0 bridgehead atoms. The van der Waals surface area contributed by atoms with Gasteiger partial charge in [0.2, 0.25) is 0 Å². The SMILES string of the molecule is Cc1ccc(C(=O)Cc2ccc(Cl)cc2F)cn1. The van der Waals surface area contributed by atoms with Crippen molar-refractivity contribution in [1.82, 2.24) is 4.98 Å². The summed E-state index contributed by atoms with van der Waals surface area (Å²) in [7, 11) is 0. The van der Waals surface area contributed by atoms with Crippen molar-refractivity contribution in [3.8, 4) is 0 Å². The van der Waals surface area contributed by atoms with E-state index in [1.807, 2.05) is 6.92 Å². The fourth-order valence-corrected chi connectivity index (χ4v) is 1.73. The van der Waals surface area contributed by atoms with Crippen molar-refractivity contribution in [2.24, 2.45) is 0 Å². The average Bonchev–Trinajstić information content (AvgIpc) is 2.33. The molecule has 0 aliphatic heterocycles. The van der Waals surface area contributed by atoms with Gasteiger partial charge in [-0.25, -0.2) is 4.39 Å². The third kappa shape index (κ3) is 2.93. The van der Waals surface area contributed by atoms with Gasteiger partial charge >= 0.3 is 0 Å². The highest BCUT2D eigenvalue weighted by Gasteiger charge is 2.11. The van der Waals surface area contributed by atoms with Crippen LogP contribution in [0.2, 0.25) is 5.02 Å². The third-order valence-corrected chi connectivity index (χ3v) is 2.83. The molecule has 1 aromatic carbocycles. The molecule has 0 saturated heterocycles. The molecule has 2 aromatic rings. The molecule has 4 heteroatoms. The zero-order chi connectivity index (χ0) is 13.1. The normalized spacial score (nSPS) is 10.4. The van der Waals surface area contributed by atoms with Crippen molar-refractivity contribution in [1.29, 1.82) is 0 Å². The monoisotopic (exact) mass is 263 g/mol. The fraction of sp³-hybridized carbons (Fsp3) is 0.143. The molecule has 0 aliphatic carbocycles. The lowest BCUT2D eigenvalue weighted by atomic mass is 10.0. The summed E-state index contributed by atoms with van der Waals surface area (Å²) >= 11 is 5.65. The summed E-state index contributed by atoms with van der Waals surface area (Å²) in [6.07, 6.45) is 1.51. The van der Waals surface area contributed by atoms with Gasteiger partial charge in [0.25, 0.3) is 0 Å². The van der Waals surface area contributed by atoms with Crippen LogP contribution in [0.3, 0.4) is 0 Å². The van der Waals surface area contributed by atoms with Crippen LogP contribution in [-0.2, 0) is 6.42 Å². The molecule has 0 radical (unpaired) electrons. The largest absolute Gasteiger partial charge is 0.294 e. The molecule has 0 fully saturated rings. The minimum absolute atomic E-state index is 0.00768. The molecule has 2 rings (SSSR count). The second-order valence-electron chi connectivity index (χ2n) is 4.02. The van der Waals surface area contributed by atoms with Crippen molar-refractivity contribution in [3.63, 3.8) is 0 Å². The van der Waals surface area contributed by atoms with Crippen molar-refractivity contribution in [3.05, 3.63) is 64.2 Å². The van der Waals surface area contributed by atoms with E-state index in [2.05, 4.69) is 4.98 Å². The van der Waals surface area contributed by atoms with Crippen LogP contribution in [-0.4, -0.2) is 10.8 Å². The van der Waals surface area contributed by atoms with Gasteiger partial charge in [-0.05, 0) is 36.8 Å². The Kier molecular flexibility index (Phi) is 3.72. The summed E-state index contributed by atoms with van der Waals surface area (Å²) in [5.74, 6) is -0.625. The summed E-state index contributed by atoms with van der Waals surface area (Å²) in [6, 6.07) is 7.75. The van der Waals surface area contributed by atoms with Gasteiger partial charge in [-0.15, -0.1) is 0 Å². The molecule has 0 amide bonds. The zero-order valence-electron chi connectivity index (χ0n) is 9.78. The molecule has 2 nitrogen and oxygen atoms in total. The summed E-state index contributed by atoms with van der Waals surface area (Å²) in [4.78, 5) is 16.0. The van der Waals surface area contributed by atoms with Crippen LogP contribution in [0.25, 0.3) is 0 Å². The number of hydrogen-bond acceptors (Lipinski definition) is 2. The molecule has 0 N–H and O–H groups in total. The van der Waals surface area contributed by atoms with E-state index in [1.165, 1.54) is 18.3 Å². The Labute approximate surface area is 109 Å². The Hall–Kier alpha value is -1.74. The predicted molar refractivity (Wildman–Crippen MR) is 68.4 cm³/mol. The van der Waals surface area contributed by atoms with E-state index in [-0.39, 0.29) is 12.2 Å². The number of ketones is 1. The van der Waals surface area contributed by atoms with Crippen LogP contribution in [0.15, 0.2) is 36.5 Å². The van der Waals surface area contributed by atoms with E-state index in [4.69, 9.17) is 11.6 Å². The lowest BCUT2D eigenvalue weighted by molar-refractivity contribution is 0.0991. The number of carbonyl (C=O) groups excluding carboxylic acids is 1. The Morgan fingerprint density at radius 2 is 2.11 bits per heavy atom. The van der Waals surface area contributed by atoms with Crippen LogP contribution in [0.4, 0.5) is 4.39 Å². The first-order valence-corrected chi connectivity index (χ1v) is 5.84. The predicted octanol–water partition coefficient (Wildman–Crippen LogP) is 3.61. The highest BCUT2D eigenvalue weighted by Crippen LogP contribution is 2.16. The smallest absolute Gasteiger partial charge is 0.168 e. The van der Waals surface area contributed by atoms with Crippen LogP contribution in [0.5, 0.6) is 0 Å². The fourth-order valence-electron chi connectivity index (χ4n) is 1.57. The summed E-state index contributed by atoms with van der Waals surface area (Å²) in [5.41, 5.74) is 1.66. The quantitative estimate of drug-likeness (QED) is 0.792. The Morgan fingerprint density at radius 3 is 2.72 bits per heavy atom. The van der Waals surface area contributed by atoms with E-state index >= 15 is 0 Å². The van der Waals surface area contributed by atoms with Crippen LogP contribution >= 0.6 is 11.6 Å². The number of carbonyl (C=O) groups is 1. The Morgan fingerprint density at radius 1 is 1.33 bits per heavy atom. The number of rotatable bonds is 3. The molecule has 0 aliphatic rings. The molecule has 1 heterocycles. The molecule has 0 saturated carbocycles. The molecule has 18 heavy (non-hydrogen) atoms. The van der Waals surface area contributed by atoms with Gasteiger partial charge in [0.1, 0.15) is 5.82 Å². The summed E-state index contributed by atoms with van der Waals surface area (Å²) in [6.45, 7) is 1.84. The van der Waals surface area contributed by atoms with Crippen molar-refractivity contribution < 1.29 is 9.18 Å². The first-order valence-electron chi connectivity index (χ1n) is 5.46. The van der Waals surface area contributed by atoms with Gasteiger partial charge in [0.15, 0.2) is 5.78 Å². The number of aromatic nitrogens is 1.